The molecular weight excluding hydrogens is 292 g/mol. The highest BCUT2D eigenvalue weighted by molar-refractivity contribution is 5.88. The molecule has 0 saturated carbocycles. The molecule has 2 N–H and O–H groups in total. The van der Waals surface area contributed by atoms with Crippen LogP contribution in [-0.2, 0) is 9.59 Å². The SMILES string of the molecule is C.CC.CNC1CCN(CC(C)=O)C1=O.Cc1ccc(O)cc1. The van der Waals surface area contributed by atoms with Crippen molar-refractivity contribution in [1.29, 1.82) is 0 Å². The molecule has 5 nitrogen and oxygen atoms in total. The summed E-state index contributed by atoms with van der Waals surface area (Å²) in [4.78, 5) is 23.7. The lowest BCUT2D eigenvalue weighted by atomic mass is 10.2. The van der Waals surface area contributed by atoms with Gasteiger partial charge in [-0.2, -0.15) is 0 Å². The van der Waals surface area contributed by atoms with Gasteiger partial charge in [0.2, 0.25) is 5.91 Å². The summed E-state index contributed by atoms with van der Waals surface area (Å²) in [5.74, 6) is 0.420. The summed E-state index contributed by atoms with van der Waals surface area (Å²) < 4.78 is 0. The van der Waals surface area contributed by atoms with Gasteiger partial charge >= 0.3 is 0 Å². The second-order valence-corrected chi connectivity index (χ2v) is 4.93. The van der Waals surface area contributed by atoms with Crippen LogP contribution in [0.15, 0.2) is 24.3 Å². The number of carbonyl (C=O) groups is 2. The Morgan fingerprint density at radius 1 is 1.30 bits per heavy atom. The van der Waals surface area contributed by atoms with Crippen LogP contribution in [0.3, 0.4) is 0 Å². The number of rotatable bonds is 3. The Hall–Kier alpha value is -1.88. The number of likely N-dealkylation sites (N-methyl/N-ethyl adjacent to an activating group) is 1. The van der Waals surface area contributed by atoms with Crippen LogP contribution in [0.5, 0.6) is 5.75 Å². The van der Waals surface area contributed by atoms with Crippen LogP contribution in [0.25, 0.3) is 0 Å². The average Bonchev–Trinajstić information content (AvgIpc) is 2.85. The molecule has 1 fully saturated rings. The standard InChI is InChI=1S/C8H14N2O2.C7H8O.C2H6.CH4/c1-6(11)5-10-4-3-7(9-2)8(10)12;1-6-2-4-7(8)5-3-6;1-2;/h7,9H,3-5H2,1-2H3;2-5,8H,1H3;1-2H3;1H4. The second-order valence-electron chi connectivity index (χ2n) is 4.93. The first-order chi connectivity index (χ1) is 10.4. The number of phenolic OH excluding ortho intramolecular Hbond substituents is 1. The molecule has 1 aliphatic rings. The van der Waals surface area contributed by atoms with Crippen molar-refractivity contribution >= 4 is 11.7 Å². The van der Waals surface area contributed by atoms with E-state index in [4.69, 9.17) is 5.11 Å². The normalized spacial score (nSPS) is 15.6. The van der Waals surface area contributed by atoms with E-state index in [1.165, 1.54) is 12.5 Å². The third-order valence-corrected chi connectivity index (χ3v) is 3.09. The third kappa shape index (κ3) is 8.98. The molecule has 1 aliphatic heterocycles. The van der Waals surface area contributed by atoms with Crippen LogP contribution in [0.1, 0.15) is 40.2 Å². The van der Waals surface area contributed by atoms with Gasteiger partial charge in [-0.05, 0) is 39.4 Å². The maximum atomic E-state index is 11.4. The van der Waals surface area contributed by atoms with Gasteiger partial charge in [0.05, 0.1) is 12.6 Å². The lowest BCUT2D eigenvalue weighted by Crippen LogP contribution is -2.38. The largest absolute Gasteiger partial charge is 0.508 e. The molecule has 0 radical (unpaired) electrons. The van der Waals surface area contributed by atoms with Crippen molar-refractivity contribution in [3.8, 4) is 5.75 Å². The lowest BCUT2D eigenvalue weighted by Gasteiger charge is -2.13. The van der Waals surface area contributed by atoms with Gasteiger partial charge in [-0.3, -0.25) is 9.59 Å². The number of ketones is 1. The first-order valence-electron chi connectivity index (χ1n) is 7.65. The van der Waals surface area contributed by atoms with Crippen molar-refractivity contribution in [2.24, 2.45) is 0 Å². The van der Waals surface area contributed by atoms with Gasteiger partial charge in [0, 0.05) is 6.54 Å². The van der Waals surface area contributed by atoms with Gasteiger partial charge in [-0.1, -0.05) is 39.0 Å². The minimum absolute atomic E-state index is 0. The highest BCUT2D eigenvalue weighted by atomic mass is 16.3. The molecule has 1 heterocycles. The number of phenols is 1. The number of carbonyl (C=O) groups excluding carboxylic acids is 2. The maximum absolute atomic E-state index is 11.4. The highest BCUT2D eigenvalue weighted by Crippen LogP contribution is 2.09. The molecule has 23 heavy (non-hydrogen) atoms. The van der Waals surface area contributed by atoms with Crippen molar-refractivity contribution in [2.45, 2.75) is 47.6 Å². The summed E-state index contributed by atoms with van der Waals surface area (Å²) >= 11 is 0. The van der Waals surface area contributed by atoms with Crippen LogP contribution in [-0.4, -0.2) is 47.9 Å². The fourth-order valence-corrected chi connectivity index (χ4v) is 1.98. The van der Waals surface area contributed by atoms with Crippen molar-refractivity contribution in [3.05, 3.63) is 29.8 Å². The predicted molar refractivity (Wildman–Crippen MR) is 95.6 cm³/mol. The maximum Gasteiger partial charge on any atom is 0.240 e. The molecule has 0 spiro atoms. The number of hydrogen-bond donors (Lipinski definition) is 2. The smallest absolute Gasteiger partial charge is 0.240 e. The Balaban J connectivity index is 0. The van der Waals surface area contributed by atoms with Crippen molar-refractivity contribution in [3.63, 3.8) is 0 Å². The molecule has 1 aromatic carbocycles. The molecule has 1 aromatic rings. The Morgan fingerprint density at radius 2 is 1.83 bits per heavy atom. The molecule has 2 rings (SSSR count). The summed E-state index contributed by atoms with van der Waals surface area (Å²) in [7, 11) is 1.76. The van der Waals surface area contributed by atoms with Gasteiger partial charge in [-0.15, -0.1) is 0 Å². The fourth-order valence-electron chi connectivity index (χ4n) is 1.98. The first-order valence-corrected chi connectivity index (χ1v) is 7.65. The Morgan fingerprint density at radius 3 is 2.17 bits per heavy atom. The number of Topliss-reactive ketones (excluding diaryl/α,β-unsaturated/α-hetero) is 1. The van der Waals surface area contributed by atoms with Crippen molar-refractivity contribution in [1.82, 2.24) is 10.2 Å². The summed E-state index contributed by atoms with van der Waals surface area (Å²) in [5.41, 5.74) is 1.17. The van der Waals surface area contributed by atoms with Crippen molar-refractivity contribution < 1.29 is 14.7 Å². The average molecular weight is 324 g/mol. The Labute approximate surface area is 140 Å². The number of amides is 1. The van der Waals surface area contributed by atoms with Crippen LogP contribution in [0, 0.1) is 6.92 Å². The Bertz CT molecular complexity index is 437. The van der Waals surface area contributed by atoms with Crippen LogP contribution >= 0.6 is 0 Å². The van der Waals surface area contributed by atoms with E-state index >= 15 is 0 Å². The monoisotopic (exact) mass is 324 g/mol. The van der Waals surface area contributed by atoms with Gasteiger partial charge < -0.3 is 15.3 Å². The number of likely N-dealkylation sites (tertiary alicyclic amines) is 1. The summed E-state index contributed by atoms with van der Waals surface area (Å²) in [6.07, 6.45) is 0.808. The van der Waals surface area contributed by atoms with Crippen LogP contribution < -0.4 is 5.32 Å². The molecule has 1 amide bonds. The topological polar surface area (TPSA) is 69.6 Å². The first kappa shape index (κ1) is 23.4. The van der Waals surface area contributed by atoms with Crippen molar-refractivity contribution in [2.75, 3.05) is 20.1 Å². The summed E-state index contributed by atoms with van der Waals surface area (Å²) in [6, 6.07) is 7.01. The lowest BCUT2D eigenvalue weighted by molar-refractivity contribution is -0.132. The van der Waals surface area contributed by atoms with Gasteiger partial charge in [0.1, 0.15) is 11.5 Å². The number of hydrogen-bond acceptors (Lipinski definition) is 4. The summed E-state index contributed by atoms with van der Waals surface area (Å²) in [6.45, 7) is 8.44. The van der Waals surface area contributed by atoms with E-state index < -0.39 is 0 Å². The number of nitrogens with one attached hydrogen (secondary N) is 1. The highest BCUT2D eigenvalue weighted by Gasteiger charge is 2.30. The quantitative estimate of drug-likeness (QED) is 0.897. The molecular formula is C18H32N2O3. The van der Waals surface area contributed by atoms with Gasteiger partial charge in [0.15, 0.2) is 0 Å². The number of aromatic hydroxyl groups is 1. The van der Waals surface area contributed by atoms with Crippen LogP contribution in [0.2, 0.25) is 0 Å². The predicted octanol–water partition coefficient (Wildman–Crippen LogP) is 2.76. The zero-order valence-corrected chi connectivity index (χ0v) is 14.2. The van der Waals surface area contributed by atoms with Gasteiger partial charge in [0.25, 0.3) is 0 Å². The molecule has 0 bridgehead atoms. The molecule has 1 saturated heterocycles. The molecule has 5 heteroatoms. The van der Waals surface area contributed by atoms with E-state index in [-0.39, 0.29) is 31.7 Å². The van der Waals surface area contributed by atoms with E-state index in [9.17, 15) is 9.59 Å². The van der Waals surface area contributed by atoms with E-state index in [0.717, 1.165) is 6.42 Å². The van der Waals surface area contributed by atoms with Gasteiger partial charge in [-0.25, -0.2) is 0 Å². The fraction of sp³-hybridized carbons (Fsp3) is 0.556. The van der Waals surface area contributed by atoms with E-state index in [0.29, 0.717) is 12.3 Å². The van der Waals surface area contributed by atoms with E-state index in [2.05, 4.69) is 5.32 Å². The molecule has 0 aromatic heterocycles. The molecule has 0 aliphatic carbocycles. The Kier molecular flexibility index (Phi) is 12.9. The van der Waals surface area contributed by atoms with Crippen LogP contribution in [0.4, 0.5) is 0 Å². The zero-order valence-electron chi connectivity index (χ0n) is 14.2. The van der Waals surface area contributed by atoms with E-state index in [1.54, 1.807) is 24.1 Å². The number of aryl methyl sites for hydroxylation is 1. The zero-order chi connectivity index (χ0) is 17.1. The molecule has 132 valence electrons. The number of nitrogens with zero attached hydrogens (tertiary/aromatic N) is 1. The minimum Gasteiger partial charge on any atom is -0.508 e. The van der Waals surface area contributed by atoms with E-state index in [1.807, 2.05) is 32.9 Å². The number of benzene rings is 1. The minimum atomic E-state index is -0.0793. The molecule has 1 unspecified atom stereocenters. The summed E-state index contributed by atoms with van der Waals surface area (Å²) in [5, 5.41) is 11.7. The second kappa shape index (κ2) is 12.6. The third-order valence-electron chi connectivity index (χ3n) is 3.09. The molecule has 1 atom stereocenters.